The van der Waals surface area contributed by atoms with E-state index in [1.165, 1.54) is 11.3 Å². The van der Waals surface area contributed by atoms with E-state index < -0.39 is 0 Å². The predicted molar refractivity (Wildman–Crippen MR) is 109 cm³/mol. The number of hydrogen-bond acceptors (Lipinski definition) is 5. The van der Waals surface area contributed by atoms with E-state index >= 15 is 0 Å². The molecule has 3 rings (SSSR count). The molecule has 1 fully saturated rings. The summed E-state index contributed by atoms with van der Waals surface area (Å²) in [5, 5.41) is 4.24. The van der Waals surface area contributed by atoms with Crippen LogP contribution in [0, 0.1) is 0 Å². The standard InChI is InChI=1S/C19H25N3O2S.ClH/c1-3-12-22(15-8-10-20-11-9-15)19(23)17-13-21-18(25-17)14-4-6-16(24-2)7-5-14;/h4-7,13,15,20H,3,8-12H2,1-2H3;1H. The van der Waals surface area contributed by atoms with Crippen molar-refractivity contribution in [3.63, 3.8) is 0 Å². The molecular weight excluding hydrogens is 370 g/mol. The molecule has 142 valence electrons. The number of piperidine rings is 1. The number of halogens is 1. The second-order valence-electron chi connectivity index (χ2n) is 6.24. The fraction of sp³-hybridized carbons (Fsp3) is 0.474. The smallest absolute Gasteiger partial charge is 0.265 e. The maximum absolute atomic E-state index is 13.0. The number of nitrogens with one attached hydrogen (secondary N) is 1. The minimum absolute atomic E-state index is 0. The van der Waals surface area contributed by atoms with Crippen molar-refractivity contribution in [1.29, 1.82) is 0 Å². The van der Waals surface area contributed by atoms with E-state index in [0.717, 1.165) is 60.1 Å². The largest absolute Gasteiger partial charge is 0.497 e. The Bertz CT molecular complexity index is 699. The van der Waals surface area contributed by atoms with E-state index in [4.69, 9.17) is 4.74 Å². The zero-order valence-electron chi connectivity index (χ0n) is 15.2. The second kappa shape index (κ2) is 9.90. The van der Waals surface area contributed by atoms with E-state index in [1.54, 1.807) is 13.3 Å². The van der Waals surface area contributed by atoms with Gasteiger partial charge in [-0.1, -0.05) is 6.92 Å². The lowest BCUT2D eigenvalue weighted by molar-refractivity contribution is 0.0647. The van der Waals surface area contributed by atoms with Gasteiger partial charge >= 0.3 is 0 Å². The molecule has 5 nitrogen and oxygen atoms in total. The highest BCUT2D eigenvalue weighted by molar-refractivity contribution is 7.16. The van der Waals surface area contributed by atoms with Gasteiger partial charge in [-0.3, -0.25) is 4.79 Å². The lowest BCUT2D eigenvalue weighted by Gasteiger charge is -2.34. The minimum atomic E-state index is 0. The topological polar surface area (TPSA) is 54.5 Å². The first-order valence-corrected chi connectivity index (χ1v) is 9.66. The van der Waals surface area contributed by atoms with Crippen LogP contribution in [0.15, 0.2) is 30.5 Å². The monoisotopic (exact) mass is 395 g/mol. The Balaban J connectivity index is 0.00000243. The molecule has 1 aromatic carbocycles. The number of nitrogens with zero attached hydrogens (tertiary/aromatic N) is 2. The van der Waals surface area contributed by atoms with Crippen molar-refractivity contribution in [3.8, 4) is 16.3 Å². The van der Waals surface area contributed by atoms with Crippen molar-refractivity contribution < 1.29 is 9.53 Å². The summed E-state index contributed by atoms with van der Waals surface area (Å²) in [7, 11) is 1.65. The van der Waals surface area contributed by atoms with Gasteiger partial charge in [-0.15, -0.1) is 23.7 Å². The molecule has 26 heavy (non-hydrogen) atoms. The summed E-state index contributed by atoms with van der Waals surface area (Å²) in [6.07, 6.45) is 4.74. The molecule has 1 N–H and O–H groups in total. The van der Waals surface area contributed by atoms with Gasteiger partial charge < -0.3 is 15.0 Å². The van der Waals surface area contributed by atoms with Crippen LogP contribution in [-0.4, -0.2) is 48.6 Å². The van der Waals surface area contributed by atoms with E-state index in [0.29, 0.717) is 6.04 Å². The highest BCUT2D eigenvalue weighted by atomic mass is 35.5. The molecule has 1 aromatic heterocycles. The molecule has 0 spiro atoms. The molecule has 1 amide bonds. The maximum Gasteiger partial charge on any atom is 0.265 e. The van der Waals surface area contributed by atoms with Gasteiger partial charge in [-0.25, -0.2) is 4.98 Å². The summed E-state index contributed by atoms with van der Waals surface area (Å²) in [5.74, 6) is 0.933. The average molecular weight is 396 g/mol. The van der Waals surface area contributed by atoms with E-state index in [-0.39, 0.29) is 18.3 Å². The molecule has 1 aliphatic rings. The van der Waals surface area contributed by atoms with Gasteiger partial charge in [0.15, 0.2) is 0 Å². The molecule has 2 heterocycles. The van der Waals surface area contributed by atoms with Crippen LogP contribution in [0.2, 0.25) is 0 Å². The first-order chi connectivity index (χ1) is 12.2. The van der Waals surface area contributed by atoms with Gasteiger partial charge in [-0.2, -0.15) is 0 Å². The molecule has 0 atom stereocenters. The van der Waals surface area contributed by atoms with Crippen LogP contribution in [0.25, 0.3) is 10.6 Å². The third kappa shape index (κ3) is 4.75. The van der Waals surface area contributed by atoms with Gasteiger partial charge in [0.05, 0.1) is 13.3 Å². The maximum atomic E-state index is 13.0. The van der Waals surface area contributed by atoms with Crippen molar-refractivity contribution in [1.82, 2.24) is 15.2 Å². The van der Waals surface area contributed by atoms with Gasteiger partial charge in [0.25, 0.3) is 5.91 Å². The highest BCUT2D eigenvalue weighted by Gasteiger charge is 2.26. The van der Waals surface area contributed by atoms with Crippen molar-refractivity contribution >= 4 is 29.7 Å². The zero-order chi connectivity index (χ0) is 17.6. The first kappa shape index (κ1) is 20.7. The van der Waals surface area contributed by atoms with Gasteiger partial charge in [-0.05, 0) is 56.6 Å². The number of carbonyl (C=O) groups excluding carboxylic acids is 1. The van der Waals surface area contributed by atoms with Crippen LogP contribution in [0.1, 0.15) is 35.9 Å². The SMILES string of the molecule is CCCN(C(=O)c1cnc(-c2ccc(OC)cc2)s1)C1CCNCC1.Cl. The quantitative estimate of drug-likeness (QED) is 0.807. The van der Waals surface area contributed by atoms with Gasteiger partial charge in [0, 0.05) is 18.2 Å². The Morgan fingerprint density at radius 3 is 2.62 bits per heavy atom. The average Bonchev–Trinajstić information content (AvgIpc) is 3.16. The molecule has 0 bridgehead atoms. The van der Waals surface area contributed by atoms with Gasteiger partial charge in [0.2, 0.25) is 0 Å². The number of thiazole rings is 1. The molecule has 1 saturated heterocycles. The number of amides is 1. The Labute approximate surface area is 165 Å². The number of aromatic nitrogens is 1. The Morgan fingerprint density at radius 2 is 2.00 bits per heavy atom. The Hall–Kier alpha value is -1.63. The van der Waals surface area contributed by atoms with Crippen molar-refractivity contribution in [2.24, 2.45) is 0 Å². The molecule has 0 saturated carbocycles. The predicted octanol–water partition coefficient (Wildman–Crippen LogP) is 3.84. The van der Waals surface area contributed by atoms with Crippen LogP contribution in [0.5, 0.6) is 5.75 Å². The molecule has 1 aliphatic heterocycles. The third-order valence-electron chi connectivity index (χ3n) is 4.53. The molecular formula is C19H26ClN3O2S. The van der Waals surface area contributed by atoms with Crippen LogP contribution >= 0.6 is 23.7 Å². The molecule has 2 aromatic rings. The summed E-state index contributed by atoms with van der Waals surface area (Å²) in [5.41, 5.74) is 1.01. The van der Waals surface area contributed by atoms with E-state index in [1.807, 2.05) is 29.2 Å². The van der Waals surface area contributed by atoms with Crippen LogP contribution in [-0.2, 0) is 0 Å². The Kier molecular flexibility index (Phi) is 7.87. The number of methoxy groups -OCH3 is 1. The fourth-order valence-corrected chi connectivity index (χ4v) is 4.07. The second-order valence-corrected chi connectivity index (χ2v) is 7.27. The molecule has 0 unspecified atom stereocenters. The van der Waals surface area contributed by atoms with E-state index in [9.17, 15) is 4.79 Å². The van der Waals surface area contributed by atoms with Crippen molar-refractivity contribution in [2.45, 2.75) is 32.2 Å². The van der Waals surface area contributed by atoms with Crippen LogP contribution < -0.4 is 10.1 Å². The number of hydrogen-bond donors (Lipinski definition) is 1. The summed E-state index contributed by atoms with van der Waals surface area (Å²) >= 11 is 1.47. The summed E-state index contributed by atoms with van der Waals surface area (Å²) < 4.78 is 5.19. The number of ether oxygens (including phenoxy) is 1. The Morgan fingerprint density at radius 1 is 1.31 bits per heavy atom. The lowest BCUT2D eigenvalue weighted by Crippen LogP contribution is -2.46. The minimum Gasteiger partial charge on any atom is -0.497 e. The lowest BCUT2D eigenvalue weighted by atomic mass is 10.0. The number of carbonyl (C=O) groups is 1. The fourth-order valence-electron chi connectivity index (χ4n) is 3.19. The number of benzene rings is 1. The van der Waals surface area contributed by atoms with Gasteiger partial charge in [0.1, 0.15) is 15.6 Å². The van der Waals surface area contributed by atoms with Crippen molar-refractivity contribution in [3.05, 3.63) is 35.3 Å². The first-order valence-electron chi connectivity index (χ1n) is 8.85. The van der Waals surface area contributed by atoms with Crippen LogP contribution in [0.4, 0.5) is 0 Å². The van der Waals surface area contributed by atoms with E-state index in [2.05, 4.69) is 17.2 Å². The molecule has 0 aliphatic carbocycles. The normalized spacial score (nSPS) is 14.5. The summed E-state index contributed by atoms with van der Waals surface area (Å²) in [6.45, 7) is 4.89. The van der Waals surface area contributed by atoms with Crippen molar-refractivity contribution in [2.75, 3.05) is 26.7 Å². The zero-order valence-corrected chi connectivity index (χ0v) is 16.9. The van der Waals surface area contributed by atoms with Crippen LogP contribution in [0.3, 0.4) is 0 Å². The summed E-state index contributed by atoms with van der Waals surface area (Å²) in [4.78, 5) is 20.3. The summed E-state index contributed by atoms with van der Waals surface area (Å²) in [6, 6.07) is 8.11. The third-order valence-corrected chi connectivity index (χ3v) is 5.56. The highest BCUT2D eigenvalue weighted by Crippen LogP contribution is 2.28. The molecule has 0 radical (unpaired) electrons. The number of rotatable bonds is 6. The molecule has 7 heteroatoms.